The van der Waals surface area contributed by atoms with Gasteiger partial charge in [0.2, 0.25) is 5.95 Å². The van der Waals surface area contributed by atoms with Gasteiger partial charge in [0.05, 0.1) is 12.1 Å². The van der Waals surface area contributed by atoms with Gasteiger partial charge in [-0.3, -0.25) is 10.00 Å². The first kappa shape index (κ1) is 26.6. The maximum absolute atomic E-state index is 15.4. The highest BCUT2D eigenvalue weighted by atomic mass is 19.1. The number of carbonyl (C=O) groups excluding carboxylic acids is 1. The Morgan fingerprint density at radius 1 is 1.38 bits per heavy atom. The van der Waals surface area contributed by atoms with Crippen LogP contribution in [0.15, 0.2) is 6.07 Å². The largest absolute Gasteiger partial charge is 0.465 e. The van der Waals surface area contributed by atoms with Crippen LogP contribution in [-0.4, -0.2) is 73.5 Å². The Hall–Kier alpha value is -3.44. The van der Waals surface area contributed by atoms with Crippen molar-refractivity contribution in [2.45, 2.75) is 84.3 Å². The van der Waals surface area contributed by atoms with E-state index >= 15 is 4.39 Å². The first-order valence-electron chi connectivity index (χ1n) is 12.7. The molecule has 3 atom stereocenters. The van der Waals surface area contributed by atoms with Gasteiger partial charge in [0, 0.05) is 30.9 Å². The third-order valence-corrected chi connectivity index (χ3v) is 7.80. The smallest absolute Gasteiger partial charge is 0.408 e. The average Bonchev–Trinajstić information content (AvgIpc) is 3.22. The molecule has 0 aliphatic carbocycles. The minimum atomic E-state index is -0.931. The number of amides is 1. The number of nitrogens with one attached hydrogen (secondary N) is 2. The number of hydrogen-bond donors (Lipinski definition) is 3. The lowest BCUT2D eigenvalue weighted by Gasteiger charge is -2.62. The number of carbonyl (C=O) groups is 2. The molecule has 0 spiro atoms. The van der Waals surface area contributed by atoms with Gasteiger partial charge in [0.25, 0.3) is 0 Å². The number of nitrogens with zero attached hydrogens (tertiary/aromatic N) is 5. The second-order valence-electron chi connectivity index (χ2n) is 11.0. The normalized spacial score (nSPS) is 23.5. The fourth-order valence-corrected chi connectivity index (χ4v) is 5.89. The van der Waals surface area contributed by atoms with Crippen LogP contribution in [0.5, 0.6) is 0 Å². The molecule has 2 aromatic heterocycles. The zero-order valence-electron chi connectivity index (χ0n) is 22.3. The van der Waals surface area contributed by atoms with E-state index in [0.29, 0.717) is 18.7 Å². The summed E-state index contributed by atoms with van der Waals surface area (Å²) >= 11 is 0. The van der Waals surface area contributed by atoms with Gasteiger partial charge in [-0.15, -0.1) is 0 Å². The van der Waals surface area contributed by atoms with Crippen LogP contribution in [0.4, 0.5) is 26.8 Å². The summed E-state index contributed by atoms with van der Waals surface area (Å²) in [6.07, 6.45) is 2.73. The molecule has 2 aromatic rings. The lowest BCUT2D eigenvalue weighted by atomic mass is 9.60. The molecule has 2 aliphatic rings. The quantitative estimate of drug-likeness (QED) is 0.474. The van der Waals surface area contributed by atoms with Crippen LogP contribution in [0.3, 0.4) is 0 Å². The van der Waals surface area contributed by atoms with Crippen LogP contribution in [0.2, 0.25) is 0 Å². The standard InChI is InChI=1S/C25H36FN7O4/c1-7-37-21(34)19-18(26)20(27-17-11-14(2)30-31-17)29-22(28-19)32(6)16-12-15-9-8-10-25(13-16,24(3,4)5)33(15)23(35)36/h11,15-16H,7-10,12-13H2,1-6H3,(H,35,36)(H2,27,28,29,30,31)/t15-,16-,25+/m0/s1. The Kier molecular flexibility index (Phi) is 7.04. The number of ether oxygens (including phenoxy) is 1. The summed E-state index contributed by atoms with van der Waals surface area (Å²) < 4.78 is 20.4. The van der Waals surface area contributed by atoms with Crippen LogP contribution in [0.25, 0.3) is 0 Å². The van der Waals surface area contributed by atoms with Crippen LogP contribution in [-0.2, 0) is 4.74 Å². The van der Waals surface area contributed by atoms with Crippen molar-refractivity contribution < 1.29 is 23.8 Å². The molecule has 2 fully saturated rings. The Bertz CT molecular complexity index is 1180. The summed E-state index contributed by atoms with van der Waals surface area (Å²) in [6, 6.07) is 1.41. The number of anilines is 3. The highest BCUT2D eigenvalue weighted by molar-refractivity contribution is 5.89. The van der Waals surface area contributed by atoms with Crippen LogP contribution in [0.1, 0.15) is 76.0 Å². The molecule has 2 saturated heterocycles. The molecular formula is C25H36FN7O4. The fraction of sp³-hybridized carbons (Fsp3) is 0.640. The van der Waals surface area contributed by atoms with Crippen molar-refractivity contribution in [1.29, 1.82) is 0 Å². The van der Waals surface area contributed by atoms with E-state index < -0.39 is 29.1 Å². The molecule has 0 saturated carbocycles. The van der Waals surface area contributed by atoms with E-state index in [1.807, 2.05) is 11.8 Å². The van der Waals surface area contributed by atoms with Crippen molar-refractivity contribution in [1.82, 2.24) is 25.1 Å². The number of hydrogen-bond acceptors (Lipinski definition) is 8. The number of aryl methyl sites for hydroxylation is 1. The summed E-state index contributed by atoms with van der Waals surface area (Å²) in [6.45, 7) is 9.75. The van der Waals surface area contributed by atoms with Crippen molar-refractivity contribution in [3.8, 4) is 0 Å². The number of aromatic amines is 1. The van der Waals surface area contributed by atoms with E-state index in [-0.39, 0.29) is 35.9 Å². The minimum Gasteiger partial charge on any atom is -0.465 e. The molecule has 11 nitrogen and oxygen atoms in total. The average molecular weight is 518 g/mol. The number of fused-ring (bicyclic) bond motifs is 2. The maximum atomic E-state index is 15.4. The van der Waals surface area contributed by atoms with E-state index in [0.717, 1.165) is 25.0 Å². The molecule has 1 amide bonds. The second kappa shape index (κ2) is 9.79. The van der Waals surface area contributed by atoms with Crippen molar-refractivity contribution in [3.63, 3.8) is 0 Å². The lowest BCUT2D eigenvalue weighted by Crippen LogP contribution is -2.70. The van der Waals surface area contributed by atoms with Gasteiger partial charge in [-0.25, -0.2) is 19.0 Å². The molecule has 0 aromatic carbocycles. The van der Waals surface area contributed by atoms with Gasteiger partial charge in [-0.05, 0) is 51.4 Å². The third kappa shape index (κ3) is 4.80. The van der Waals surface area contributed by atoms with Gasteiger partial charge >= 0.3 is 12.1 Å². The van der Waals surface area contributed by atoms with Crippen molar-refractivity contribution >= 4 is 29.6 Å². The summed E-state index contributed by atoms with van der Waals surface area (Å²) in [7, 11) is 1.80. The predicted molar refractivity (Wildman–Crippen MR) is 136 cm³/mol. The molecule has 2 bridgehead atoms. The molecule has 37 heavy (non-hydrogen) atoms. The van der Waals surface area contributed by atoms with E-state index in [9.17, 15) is 14.7 Å². The van der Waals surface area contributed by atoms with Crippen molar-refractivity contribution in [2.75, 3.05) is 23.9 Å². The fourth-order valence-electron chi connectivity index (χ4n) is 5.89. The van der Waals surface area contributed by atoms with E-state index in [4.69, 9.17) is 4.74 Å². The lowest BCUT2D eigenvalue weighted by molar-refractivity contribution is -0.0886. The van der Waals surface area contributed by atoms with E-state index in [1.54, 1.807) is 24.9 Å². The number of carboxylic acid groups (broad SMARTS) is 1. The number of halogens is 1. The number of aromatic nitrogens is 4. The summed E-state index contributed by atoms with van der Waals surface area (Å²) in [5.74, 6) is -1.52. The molecule has 2 aliphatic heterocycles. The van der Waals surface area contributed by atoms with Gasteiger partial charge in [-0.1, -0.05) is 20.8 Å². The second-order valence-corrected chi connectivity index (χ2v) is 11.0. The highest BCUT2D eigenvalue weighted by Gasteiger charge is 2.57. The zero-order chi connectivity index (χ0) is 27.1. The maximum Gasteiger partial charge on any atom is 0.408 e. The molecule has 0 unspecified atom stereocenters. The number of H-pyrrole nitrogens is 1. The number of esters is 1. The highest BCUT2D eigenvalue weighted by Crippen LogP contribution is 2.52. The van der Waals surface area contributed by atoms with E-state index in [2.05, 4.69) is 46.3 Å². The Morgan fingerprint density at radius 2 is 2.11 bits per heavy atom. The monoisotopic (exact) mass is 517 g/mol. The minimum absolute atomic E-state index is 0.0677. The Labute approximate surface area is 215 Å². The van der Waals surface area contributed by atoms with Crippen LogP contribution < -0.4 is 10.2 Å². The van der Waals surface area contributed by atoms with Crippen LogP contribution >= 0.6 is 0 Å². The number of rotatable bonds is 6. The van der Waals surface area contributed by atoms with Gasteiger partial charge < -0.3 is 20.1 Å². The van der Waals surface area contributed by atoms with Gasteiger partial charge in [0.15, 0.2) is 23.1 Å². The molecule has 12 heteroatoms. The first-order chi connectivity index (χ1) is 17.4. The summed E-state index contributed by atoms with van der Waals surface area (Å²) in [5, 5.41) is 19.8. The van der Waals surface area contributed by atoms with Gasteiger partial charge in [0.1, 0.15) is 0 Å². The van der Waals surface area contributed by atoms with Gasteiger partial charge in [-0.2, -0.15) is 10.1 Å². The molecule has 4 rings (SSSR count). The summed E-state index contributed by atoms with van der Waals surface area (Å²) in [5.41, 5.74) is -0.587. The molecular weight excluding hydrogens is 481 g/mol. The molecule has 3 N–H and O–H groups in total. The van der Waals surface area contributed by atoms with E-state index in [1.165, 1.54) is 0 Å². The predicted octanol–water partition coefficient (Wildman–Crippen LogP) is 4.48. The summed E-state index contributed by atoms with van der Waals surface area (Å²) in [4.78, 5) is 37.2. The SMILES string of the molecule is CCOC(=O)c1nc(N(C)[C@H]2C[C@@H]3CCC[C@](C(C)(C)C)(C2)N3C(=O)O)nc(Nc2cc(C)[nH]n2)c1F. The zero-order valence-corrected chi connectivity index (χ0v) is 22.3. The third-order valence-electron chi connectivity index (χ3n) is 7.80. The molecule has 202 valence electrons. The first-order valence-corrected chi connectivity index (χ1v) is 12.7. The van der Waals surface area contributed by atoms with Crippen molar-refractivity contribution in [3.05, 3.63) is 23.3 Å². The van der Waals surface area contributed by atoms with Crippen LogP contribution in [0, 0.1) is 18.2 Å². The Morgan fingerprint density at radius 3 is 2.70 bits per heavy atom. The molecule has 0 radical (unpaired) electrons. The van der Waals surface area contributed by atoms with Crippen molar-refractivity contribution in [2.24, 2.45) is 5.41 Å². The Balaban J connectivity index is 1.74. The molecule has 4 heterocycles. The topological polar surface area (TPSA) is 137 Å². The number of piperidine rings is 2.